The van der Waals surface area contributed by atoms with Gasteiger partial charge in [0.25, 0.3) is 0 Å². The van der Waals surface area contributed by atoms with E-state index in [9.17, 15) is 24.9 Å². The van der Waals surface area contributed by atoms with E-state index in [1.54, 1.807) is 12.1 Å². The van der Waals surface area contributed by atoms with Crippen molar-refractivity contribution < 1.29 is 29.6 Å². The van der Waals surface area contributed by atoms with Crippen molar-refractivity contribution in [1.82, 2.24) is 0 Å². The molecule has 0 saturated carbocycles. The molecule has 0 aromatic heterocycles. The molecule has 0 amide bonds. The molecule has 3 N–H and O–H groups in total. The van der Waals surface area contributed by atoms with Crippen LogP contribution in [0, 0.1) is 27.7 Å². The summed E-state index contributed by atoms with van der Waals surface area (Å²) in [5, 5.41) is 32.5. The van der Waals surface area contributed by atoms with Crippen LogP contribution < -0.4 is 0 Å². The van der Waals surface area contributed by atoms with E-state index in [1.807, 2.05) is 27.7 Å². The fourth-order valence-corrected chi connectivity index (χ4v) is 5.36. The van der Waals surface area contributed by atoms with Gasteiger partial charge in [-0.05, 0) is 106 Å². The van der Waals surface area contributed by atoms with Gasteiger partial charge in [-0.2, -0.15) is 0 Å². The third-order valence-electron chi connectivity index (χ3n) is 6.36. The predicted molar refractivity (Wildman–Crippen MR) is 129 cm³/mol. The number of carbonyl (C=O) groups is 2. The highest BCUT2D eigenvalue weighted by molar-refractivity contribution is 9.11. The van der Waals surface area contributed by atoms with Crippen molar-refractivity contribution in [2.24, 2.45) is 0 Å². The first kappa shape index (κ1) is 23.3. The third kappa shape index (κ3) is 3.19. The number of phenols is 2. The molecule has 6 nitrogen and oxygen atoms in total. The Kier molecular flexibility index (Phi) is 5.57. The monoisotopic (exact) mass is 574 g/mol. The molecule has 1 aliphatic rings. The number of esters is 1. The van der Waals surface area contributed by atoms with Crippen LogP contribution in [0.25, 0.3) is 0 Å². The summed E-state index contributed by atoms with van der Waals surface area (Å²) < 4.78 is 6.75. The van der Waals surface area contributed by atoms with Crippen LogP contribution in [0.15, 0.2) is 39.3 Å². The minimum atomic E-state index is -1.91. The van der Waals surface area contributed by atoms with E-state index in [1.165, 1.54) is 18.2 Å². The third-order valence-corrected chi connectivity index (χ3v) is 8.30. The fraction of sp³-hybridized carbons (Fsp3) is 0.200. The lowest BCUT2D eigenvalue weighted by molar-refractivity contribution is 0.0233. The topological polar surface area (TPSA) is 104 Å². The van der Waals surface area contributed by atoms with Gasteiger partial charge >= 0.3 is 11.9 Å². The maximum absolute atomic E-state index is 13.1. The second kappa shape index (κ2) is 7.88. The molecule has 0 spiro atoms. The zero-order valence-electron chi connectivity index (χ0n) is 18.2. The number of ether oxygens (including phenoxy) is 1. The van der Waals surface area contributed by atoms with Gasteiger partial charge in [0.2, 0.25) is 0 Å². The number of fused-ring (bicyclic) bond motifs is 1. The van der Waals surface area contributed by atoms with E-state index in [4.69, 9.17) is 4.74 Å². The van der Waals surface area contributed by atoms with Crippen molar-refractivity contribution in [3.63, 3.8) is 0 Å². The molecule has 0 unspecified atom stereocenters. The summed E-state index contributed by atoms with van der Waals surface area (Å²) in [7, 11) is 0. The molecule has 1 heterocycles. The van der Waals surface area contributed by atoms with E-state index in [2.05, 4.69) is 31.9 Å². The summed E-state index contributed by atoms with van der Waals surface area (Å²) in [5.41, 5.74) is 1.41. The zero-order chi connectivity index (χ0) is 24.4. The Labute approximate surface area is 207 Å². The lowest BCUT2D eigenvalue weighted by Gasteiger charge is -2.33. The van der Waals surface area contributed by atoms with Crippen molar-refractivity contribution in [1.29, 1.82) is 0 Å². The molecular formula is C25H20Br2O6. The standard InChI is InChI=1S/C25H20Br2O6/c1-10-8-16(21(28)19(26)12(10)3)25(17-9-11(2)13(4)20(27)22(17)29)18-14(23(30)31)6-5-7-15(18)24(32)33-25/h5-9,28-29H,1-4H3,(H,30,31). The number of aryl methyl sites for hydroxylation is 2. The van der Waals surface area contributed by atoms with Crippen LogP contribution in [0.2, 0.25) is 0 Å². The molecule has 8 heteroatoms. The second-order valence-corrected chi connectivity index (χ2v) is 9.75. The summed E-state index contributed by atoms with van der Waals surface area (Å²) in [5.74, 6) is -2.45. The van der Waals surface area contributed by atoms with Crippen molar-refractivity contribution >= 4 is 43.8 Å². The number of aromatic hydroxyl groups is 2. The number of phenolic OH excluding ortho intramolecular Hbond substituents is 2. The van der Waals surface area contributed by atoms with Crippen molar-refractivity contribution in [3.8, 4) is 11.5 Å². The normalized spacial score (nSPS) is 14.2. The quantitative estimate of drug-likeness (QED) is 0.330. The molecule has 3 aromatic carbocycles. The van der Waals surface area contributed by atoms with Crippen LogP contribution in [0.3, 0.4) is 0 Å². The number of carbonyl (C=O) groups excluding carboxylic acids is 1. The Morgan fingerprint density at radius 2 is 1.39 bits per heavy atom. The Hall–Kier alpha value is -2.84. The largest absolute Gasteiger partial charge is 0.506 e. The first-order valence-corrected chi connectivity index (χ1v) is 11.6. The first-order chi connectivity index (χ1) is 15.4. The van der Waals surface area contributed by atoms with Gasteiger partial charge in [-0.25, -0.2) is 9.59 Å². The summed E-state index contributed by atoms with van der Waals surface area (Å²) in [6.07, 6.45) is 0. The fourth-order valence-electron chi connectivity index (χ4n) is 4.31. The molecule has 33 heavy (non-hydrogen) atoms. The molecule has 0 bridgehead atoms. The highest BCUT2D eigenvalue weighted by atomic mass is 79.9. The van der Waals surface area contributed by atoms with Crippen LogP contribution in [-0.2, 0) is 10.3 Å². The number of halogens is 2. The molecular weight excluding hydrogens is 556 g/mol. The molecule has 0 fully saturated rings. The number of carboxylic acids is 1. The molecule has 0 radical (unpaired) electrons. The molecule has 4 rings (SSSR count). The van der Waals surface area contributed by atoms with E-state index < -0.39 is 17.5 Å². The van der Waals surface area contributed by atoms with Crippen LogP contribution in [0.1, 0.15) is 59.7 Å². The van der Waals surface area contributed by atoms with Gasteiger partial charge in [-0.3, -0.25) is 0 Å². The predicted octanol–water partition coefficient (Wildman–Crippen LogP) is 6.02. The van der Waals surface area contributed by atoms with Gasteiger partial charge in [0.05, 0.1) is 20.1 Å². The van der Waals surface area contributed by atoms with E-state index in [-0.39, 0.29) is 39.3 Å². The highest BCUT2D eigenvalue weighted by Crippen LogP contribution is 2.56. The van der Waals surface area contributed by atoms with Gasteiger partial charge < -0.3 is 20.1 Å². The van der Waals surface area contributed by atoms with Crippen LogP contribution >= 0.6 is 31.9 Å². The SMILES string of the molecule is Cc1cc(C2(c3cc(C)c(C)c(Br)c3O)OC(=O)c3cccc(C(=O)O)c32)c(O)c(Br)c1C. The first-order valence-electron chi connectivity index (χ1n) is 10.0. The number of benzene rings is 3. The van der Waals surface area contributed by atoms with Gasteiger partial charge in [0, 0.05) is 16.7 Å². The molecule has 0 atom stereocenters. The summed E-state index contributed by atoms with van der Waals surface area (Å²) >= 11 is 6.82. The lowest BCUT2D eigenvalue weighted by Crippen LogP contribution is -2.32. The maximum Gasteiger partial charge on any atom is 0.340 e. The van der Waals surface area contributed by atoms with Crippen molar-refractivity contribution in [3.05, 3.63) is 89.3 Å². The van der Waals surface area contributed by atoms with E-state index >= 15 is 0 Å². The van der Waals surface area contributed by atoms with Crippen LogP contribution in [-0.4, -0.2) is 27.3 Å². The number of hydrogen-bond donors (Lipinski definition) is 3. The lowest BCUT2D eigenvalue weighted by atomic mass is 9.75. The molecule has 1 aliphatic heterocycles. The molecule has 0 saturated heterocycles. The van der Waals surface area contributed by atoms with E-state index in [0.29, 0.717) is 8.95 Å². The van der Waals surface area contributed by atoms with Gasteiger partial charge in [0.15, 0.2) is 5.60 Å². The highest BCUT2D eigenvalue weighted by Gasteiger charge is 2.54. The minimum Gasteiger partial charge on any atom is -0.506 e. The summed E-state index contributed by atoms with van der Waals surface area (Å²) in [6, 6.07) is 7.62. The van der Waals surface area contributed by atoms with Crippen LogP contribution in [0.4, 0.5) is 0 Å². The Bertz CT molecular complexity index is 1310. The smallest absolute Gasteiger partial charge is 0.340 e. The summed E-state index contributed by atoms with van der Waals surface area (Å²) in [4.78, 5) is 25.4. The number of cyclic esters (lactones) is 1. The van der Waals surface area contributed by atoms with Crippen LogP contribution in [0.5, 0.6) is 11.5 Å². The number of hydrogen-bond acceptors (Lipinski definition) is 5. The average Bonchev–Trinajstić information content (AvgIpc) is 3.08. The Morgan fingerprint density at radius 1 is 0.909 bits per heavy atom. The number of aromatic carboxylic acids is 1. The zero-order valence-corrected chi connectivity index (χ0v) is 21.4. The van der Waals surface area contributed by atoms with Gasteiger partial charge in [0.1, 0.15) is 11.5 Å². The van der Waals surface area contributed by atoms with Gasteiger partial charge in [-0.15, -0.1) is 0 Å². The van der Waals surface area contributed by atoms with Crippen molar-refractivity contribution in [2.75, 3.05) is 0 Å². The van der Waals surface area contributed by atoms with Crippen molar-refractivity contribution in [2.45, 2.75) is 33.3 Å². The minimum absolute atomic E-state index is 0.0531. The Morgan fingerprint density at radius 3 is 1.85 bits per heavy atom. The molecule has 170 valence electrons. The Balaban J connectivity index is 2.29. The number of rotatable bonds is 3. The maximum atomic E-state index is 13.1. The van der Waals surface area contributed by atoms with E-state index in [0.717, 1.165) is 22.3 Å². The average molecular weight is 576 g/mol. The summed E-state index contributed by atoms with van der Waals surface area (Å²) in [6.45, 7) is 7.29. The van der Waals surface area contributed by atoms with Gasteiger partial charge in [-0.1, -0.05) is 6.07 Å². The second-order valence-electron chi connectivity index (χ2n) is 8.16. The molecule has 3 aromatic rings. The molecule has 0 aliphatic carbocycles. The number of carboxylic acid groups (broad SMARTS) is 1.